The molecule has 0 spiro atoms. The molecule has 9 heteroatoms. The van der Waals surface area contributed by atoms with E-state index in [-0.39, 0.29) is 16.2 Å². The Labute approximate surface area is 161 Å². The summed E-state index contributed by atoms with van der Waals surface area (Å²) < 4.78 is 20.4. The molecular weight excluding hydrogens is 377 g/mol. The smallest absolute Gasteiger partial charge is 0.228 e. The molecule has 0 saturated heterocycles. The van der Waals surface area contributed by atoms with Crippen LogP contribution in [0.1, 0.15) is 19.3 Å². The first-order valence-electron chi connectivity index (χ1n) is 8.61. The highest BCUT2D eigenvalue weighted by molar-refractivity contribution is 7.98. The van der Waals surface area contributed by atoms with Gasteiger partial charge < -0.3 is 14.5 Å². The van der Waals surface area contributed by atoms with Gasteiger partial charge in [-0.3, -0.25) is 0 Å². The molecule has 1 fully saturated rings. The Kier molecular flexibility index (Phi) is 4.61. The first-order chi connectivity index (χ1) is 12.4. The van der Waals surface area contributed by atoms with Crippen LogP contribution in [-0.2, 0) is 0 Å². The molecule has 0 unspecified atom stereocenters. The van der Waals surface area contributed by atoms with E-state index in [4.69, 9.17) is 21.3 Å². The van der Waals surface area contributed by atoms with Gasteiger partial charge >= 0.3 is 0 Å². The zero-order chi connectivity index (χ0) is 18.5. The SMILES string of the molecule is CSc1nc2c3c(nc(Cl)c(F)c3n1)OCCN2CC1(N(C)C)CCC1. The number of ether oxygens (including phenoxy) is 1. The largest absolute Gasteiger partial charge is 0.475 e. The van der Waals surface area contributed by atoms with E-state index >= 15 is 0 Å². The minimum atomic E-state index is -0.624. The maximum Gasteiger partial charge on any atom is 0.228 e. The van der Waals surface area contributed by atoms with Gasteiger partial charge in [0.15, 0.2) is 16.1 Å². The first-order valence-corrected chi connectivity index (χ1v) is 10.2. The highest BCUT2D eigenvalue weighted by atomic mass is 35.5. The lowest BCUT2D eigenvalue weighted by Crippen LogP contribution is -2.57. The van der Waals surface area contributed by atoms with Crippen LogP contribution in [0.3, 0.4) is 0 Å². The quantitative estimate of drug-likeness (QED) is 0.446. The van der Waals surface area contributed by atoms with Crippen molar-refractivity contribution in [3.05, 3.63) is 11.0 Å². The Morgan fingerprint density at radius 2 is 2.08 bits per heavy atom. The third-order valence-electron chi connectivity index (χ3n) is 5.47. The van der Waals surface area contributed by atoms with Crippen LogP contribution in [-0.4, -0.2) is 65.4 Å². The summed E-state index contributed by atoms with van der Waals surface area (Å²) in [6.45, 7) is 1.91. The summed E-state index contributed by atoms with van der Waals surface area (Å²) in [5.74, 6) is 0.368. The van der Waals surface area contributed by atoms with Crippen molar-refractivity contribution in [3.8, 4) is 5.88 Å². The average Bonchev–Trinajstić information content (AvgIpc) is 2.75. The lowest BCUT2D eigenvalue weighted by atomic mass is 9.75. The fraction of sp³-hybridized carbons (Fsp3) is 0.588. The van der Waals surface area contributed by atoms with Crippen LogP contribution >= 0.6 is 23.4 Å². The number of hydrogen-bond acceptors (Lipinski definition) is 7. The van der Waals surface area contributed by atoms with Gasteiger partial charge in [0.05, 0.1) is 6.54 Å². The van der Waals surface area contributed by atoms with Gasteiger partial charge in [-0.2, -0.15) is 4.98 Å². The van der Waals surface area contributed by atoms with Crippen molar-refractivity contribution in [2.45, 2.75) is 30.0 Å². The lowest BCUT2D eigenvalue weighted by Gasteiger charge is -2.49. The zero-order valence-electron chi connectivity index (χ0n) is 15.1. The van der Waals surface area contributed by atoms with E-state index in [1.165, 1.54) is 18.2 Å². The topological polar surface area (TPSA) is 54.4 Å². The van der Waals surface area contributed by atoms with Crippen molar-refractivity contribution in [3.63, 3.8) is 0 Å². The number of halogens is 2. The van der Waals surface area contributed by atoms with Crippen molar-refractivity contribution < 1.29 is 9.13 Å². The number of aromatic nitrogens is 3. The Hall–Kier alpha value is -1.38. The van der Waals surface area contributed by atoms with E-state index in [9.17, 15) is 4.39 Å². The molecule has 0 N–H and O–H groups in total. The second kappa shape index (κ2) is 6.65. The molecule has 0 amide bonds. The van der Waals surface area contributed by atoms with E-state index in [1.54, 1.807) is 0 Å². The van der Waals surface area contributed by atoms with Gasteiger partial charge in [0.25, 0.3) is 0 Å². The Balaban J connectivity index is 1.88. The van der Waals surface area contributed by atoms with Crippen molar-refractivity contribution >= 4 is 40.1 Å². The zero-order valence-corrected chi connectivity index (χ0v) is 16.6. The van der Waals surface area contributed by atoms with Crippen LogP contribution in [0.5, 0.6) is 5.88 Å². The molecule has 1 aliphatic heterocycles. The van der Waals surface area contributed by atoms with Gasteiger partial charge in [-0.05, 0) is 39.6 Å². The van der Waals surface area contributed by atoms with Crippen molar-refractivity contribution in [2.75, 3.05) is 44.9 Å². The van der Waals surface area contributed by atoms with Crippen molar-refractivity contribution in [1.82, 2.24) is 19.9 Å². The maximum atomic E-state index is 14.7. The number of rotatable bonds is 4. The van der Waals surface area contributed by atoms with Crippen LogP contribution in [0.25, 0.3) is 10.9 Å². The van der Waals surface area contributed by atoms with E-state index in [0.717, 1.165) is 19.4 Å². The number of thioether (sulfide) groups is 1. The van der Waals surface area contributed by atoms with E-state index in [2.05, 4.69) is 33.9 Å². The molecular formula is C17H21ClFN5OS. The first kappa shape index (κ1) is 18.0. The molecule has 6 nitrogen and oxygen atoms in total. The molecule has 1 saturated carbocycles. The molecule has 0 atom stereocenters. The van der Waals surface area contributed by atoms with Gasteiger partial charge in [0.1, 0.15) is 23.3 Å². The minimum Gasteiger partial charge on any atom is -0.475 e. The van der Waals surface area contributed by atoms with Crippen LogP contribution in [0.2, 0.25) is 5.15 Å². The molecule has 1 aliphatic carbocycles. The summed E-state index contributed by atoms with van der Waals surface area (Å²) in [6, 6.07) is 0. The summed E-state index contributed by atoms with van der Waals surface area (Å²) in [5, 5.41) is 0.802. The molecule has 3 heterocycles. The fourth-order valence-corrected chi connectivity index (χ4v) is 4.23. The van der Waals surface area contributed by atoms with E-state index in [0.29, 0.717) is 35.4 Å². The third-order valence-corrected chi connectivity index (χ3v) is 6.27. The van der Waals surface area contributed by atoms with Crippen LogP contribution < -0.4 is 9.64 Å². The molecule has 140 valence electrons. The average molecular weight is 398 g/mol. The van der Waals surface area contributed by atoms with Gasteiger partial charge in [0.2, 0.25) is 5.88 Å². The predicted octanol–water partition coefficient (Wildman–Crippen LogP) is 3.22. The molecule has 4 rings (SSSR count). The lowest BCUT2D eigenvalue weighted by molar-refractivity contribution is 0.0665. The highest BCUT2D eigenvalue weighted by Crippen LogP contribution is 2.41. The van der Waals surface area contributed by atoms with Gasteiger partial charge in [-0.1, -0.05) is 23.4 Å². The summed E-state index contributed by atoms with van der Waals surface area (Å²) in [7, 11) is 4.23. The number of hydrogen-bond donors (Lipinski definition) is 0. The summed E-state index contributed by atoms with van der Waals surface area (Å²) in [4.78, 5) is 17.6. The summed E-state index contributed by atoms with van der Waals surface area (Å²) in [6.07, 6.45) is 5.38. The summed E-state index contributed by atoms with van der Waals surface area (Å²) in [5.41, 5.74) is 0.286. The normalized spacial score (nSPS) is 18.6. The molecule has 0 radical (unpaired) electrons. The molecule has 0 aromatic carbocycles. The third kappa shape index (κ3) is 2.78. The second-order valence-electron chi connectivity index (χ2n) is 7.02. The van der Waals surface area contributed by atoms with Crippen LogP contribution in [0.4, 0.5) is 10.2 Å². The summed E-state index contributed by atoms with van der Waals surface area (Å²) >= 11 is 7.34. The fourth-order valence-electron chi connectivity index (χ4n) is 3.70. The highest BCUT2D eigenvalue weighted by Gasteiger charge is 2.41. The Morgan fingerprint density at radius 1 is 1.31 bits per heavy atom. The molecule has 2 aliphatic rings. The number of pyridine rings is 1. The predicted molar refractivity (Wildman–Crippen MR) is 102 cm³/mol. The molecule has 26 heavy (non-hydrogen) atoms. The van der Waals surface area contributed by atoms with Crippen LogP contribution in [0.15, 0.2) is 5.16 Å². The number of likely N-dealkylation sites (N-methyl/N-ethyl adjacent to an activating group) is 1. The number of nitrogens with zero attached hydrogens (tertiary/aromatic N) is 5. The monoisotopic (exact) mass is 397 g/mol. The van der Waals surface area contributed by atoms with Gasteiger partial charge in [-0.25, -0.2) is 14.4 Å². The van der Waals surface area contributed by atoms with E-state index in [1.807, 2.05) is 6.26 Å². The standard InChI is InChI=1S/C17H21ClFN5OS/c1-23(2)17(5-4-6-17)9-24-7-8-25-15-10-12(11(19)13(18)21-15)20-16(26-3)22-14(10)24/h4-9H2,1-3H3. The van der Waals surface area contributed by atoms with Crippen molar-refractivity contribution in [1.29, 1.82) is 0 Å². The van der Waals surface area contributed by atoms with Crippen molar-refractivity contribution in [2.24, 2.45) is 0 Å². The maximum absolute atomic E-state index is 14.7. The van der Waals surface area contributed by atoms with Gasteiger partial charge in [0, 0.05) is 12.1 Å². The van der Waals surface area contributed by atoms with Gasteiger partial charge in [-0.15, -0.1) is 0 Å². The Bertz CT molecular complexity index is 861. The molecule has 2 aromatic heterocycles. The molecule has 0 bridgehead atoms. The van der Waals surface area contributed by atoms with E-state index < -0.39 is 5.82 Å². The Morgan fingerprint density at radius 3 is 2.69 bits per heavy atom. The number of anilines is 1. The molecule has 2 aromatic rings. The van der Waals surface area contributed by atoms with Crippen LogP contribution in [0, 0.1) is 5.82 Å². The second-order valence-corrected chi connectivity index (χ2v) is 8.15. The minimum absolute atomic E-state index is 0.111.